The van der Waals surface area contributed by atoms with Crippen LogP contribution < -0.4 is 15.0 Å². The predicted octanol–water partition coefficient (Wildman–Crippen LogP) is 5.51. The van der Waals surface area contributed by atoms with Gasteiger partial charge in [-0.15, -0.1) is 11.3 Å². The monoisotopic (exact) mass is 504 g/mol. The van der Waals surface area contributed by atoms with Crippen LogP contribution in [0.25, 0.3) is 22.0 Å². The van der Waals surface area contributed by atoms with Gasteiger partial charge >= 0.3 is 0 Å². The van der Waals surface area contributed by atoms with Gasteiger partial charge in [-0.25, -0.2) is 4.98 Å². The van der Waals surface area contributed by atoms with Crippen molar-refractivity contribution in [2.45, 2.75) is 13.8 Å². The smallest absolute Gasteiger partial charge is 0.265 e. The summed E-state index contributed by atoms with van der Waals surface area (Å²) in [6.45, 7) is 3.59. The Balaban J connectivity index is 1.44. The van der Waals surface area contributed by atoms with E-state index in [1.165, 1.54) is 4.90 Å². The summed E-state index contributed by atoms with van der Waals surface area (Å²) in [5.41, 5.74) is 4.45. The Labute approximate surface area is 211 Å². The topological polar surface area (TPSA) is 84.4 Å². The van der Waals surface area contributed by atoms with Crippen molar-refractivity contribution in [3.63, 3.8) is 0 Å². The number of aromatic nitrogens is 2. The Morgan fingerprint density at radius 3 is 2.83 bits per heavy atom. The standard InChI is InChI=1S/C26H21ClN4O3S/c1-15-6-8-18(27)12-20(15)29-23(32)13-31-21-11-17(7-9-22(21)34-14-24(31)33)25-16(2)35-26(30-25)19-5-3-4-10-28-19/h3-12H,13-14H2,1-2H3,(H,29,32). The first-order chi connectivity index (χ1) is 16.9. The number of aryl methyl sites for hydroxylation is 2. The third-order valence-corrected chi connectivity index (χ3v) is 6.86. The Morgan fingerprint density at radius 1 is 1.17 bits per heavy atom. The van der Waals surface area contributed by atoms with E-state index in [1.807, 2.05) is 56.3 Å². The third kappa shape index (κ3) is 4.76. The Kier molecular flexibility index (Phi) is 6.23. The maximum atomic E-state index is 12.9. The van der Waals surface area contributed by atoms with Crippen LogP contribution in [0.3, 0.4) is 0 Å². The van der Waals surface area contributed by atoms with E-state index in [-0.39, 0.29) is 25.0 Å². The zero-order valence-corrected chi connectivity index (χ0v) is 20.6. The highest BCUT2D eigenvalue weighted by atomic mass is 35.5. The molecule has 9 heteroatoms. The van der Waals surface area contributed by atoms with Crippen molar-refractivity contribution in [3.05, 3.63) is 76.3 Å². The number of anilines is 2. The number of rotatable bonds is 5. The number of thiazole rings is 1. The number of hydrogen-bond donors (Lipinski definition) is 1. The lowest BCUT2D eigenvalue weighted by atomic mass is 10.1. The second-order valence-electron chi connectivity index (χ2n) is 8.10. The molecule has 176 valence electrons. The SMILES string of the molecule is Cc1ccc(Cl)cc1NC(=O)CN1C(=O)COc2ccc(-c3nc(-c4ccccn4)sc3C)cc21. The summed E-state index contributed by atoms with van der Waals surface area (Å²) in [7, 11) is 0. The molecule has 0 bridgehead atoms. The molecular weight excluding hydrogens is 484 g/mol. The number of ether oxygens (including phenoxy) is 1. The summed E-state index contributed by atoms with van der Waals surface area (Å²) in [6, 6.07) is 16.5. The molecule has 7 nitrogen and oxygen atoms in total. The molecule has 0 atom stereocenters. The van der Waals surface area contributed by atoms with E-state index in [2.05, 4.69) is 10.3 Å². The molecular formula is C26H21ClN4O3S. The van der Waals surface area contributed by atoms with Crippen molar-refractivity contribution in [2.24, 2.45) is 0 Å². The third-order valence-electron chi connectivity index (χ3n) is 5.63. The van der Waals surface area contributed by atoms with Crippen LogP contribution in [0.15, 0.2) is 60.8 Å². The predicted molar refractivity (Wildman–Crippen MR) is 138 cm³/mol. The van der Waals surface area contributed by atoms with Crippen LogP contribution in [0.5, 0.6) is 5.75 Å². The summed E-state index contributed by atoms with van der Waals surface area (Å²) >= 11 is 7.63. The van der Waals surface area contributed by atoms with Crippen LogP contribution >= 0.6 is 22.9 Å². The first-order valence-electron chi connectivity index (χ1n) is 10.9. The average molecular weight is 505 g/mol. The summed E-state index contributed by atoms with van der Waals surface area (Å²) in [6.07, 6.45) is 1.74. The molecule has 0 saturated heterocycles. The Bertz CT molecular complexity index is 1440. The fourth-order valence-electron chi connectivity index (χ4n) is 3.85. The number of carbonyl (C=O) groups is 2. The van der Waals surface area contributed by atoms with Crippen LogP contribution in [0.1, 0.15) is 10.4 Å². The van der Waals surface area contributed by atoms with E-state index in [0.29, 0.717) is 22.1 Å². The van der Waals surface area contributed by atoms with E-state index in [9.17, 15) is 9.59 Å². The molecule has 5 rings (SSSR count). The summed E-state index contributed by atoms with van der Waals surface area (Å²) < 4.78 is 5.63. The maximum Gasteiger partial charge on any atom is 0.265 e. The quantitative estimate of drug-likeness (QED) is 0.387. The van der Waals surface area contributed by atoms with Gasteiger partial charge in [-0.1, -0.05) is 23.7 Å². The highest BCUT2D eigenvalue weighted by molar-refractivity contribution is 7.15. The molecule has 0 unspecified atom stereocenters. The van der Waals surface area contributed by atoms with Gasteiger partial charge in [-0.3, -0.25) is 19.5 Å². The van der Waals surface area contributed by atoms with Crippen molar-refractivity contribution in [1.82, 2.24) is 9.97 Å². The zero-order valence-electron chi connectivity index (χ0n) is 19.0. The summed E-state index contributed by atoms with van der Waals surface area (Å²) in [5, 5.41) is 4.19. The van der Waals surface area contributed by atoms with Crippen LogP contribution in [0, 0.1) is 13.8 Å². The molecule has 0 radical (unpaired) electrons. The largest absolute Gasteiger partial charge is 0.482 e. The minimum absolute atomic E-state index is 0.130. The second kappa shape index (κ2) is 9.48. The van der Waals surface area contributed by atoms with Gasteiger partial charge in [0.15, 0.2) is 6.61 Å². The highest BCUT2D eigenvalue weighted by Crippen LogP contribution is 2.39. The van der Waals surface area contributed by atoms with Crippen LogP contribution in [-0.2, 0) is 9.59 Å². The fourth-order valence-corrected chi connectivity index (χ4v) is 4.93. The van der Waals surface area contributed by atoms with E-state index in [1.54, 1.807) is 29.7 Å². The molecule has 1 aliphatic heterocycles. The van der Waals surface area contributed by atoms with Crippen molar-refractivity contribution >= 4 is 46.1 Å². The van der Waals surface area contributed by atoms with Crippen molar-refractivity contribution in [3.8, 4) is 27.7 Å². The molecule has 0 saturated carbocycles. The molecule has 0 fully saturated rings. The number of hydrogen-bond acceptors (Lipinski definition) is 6. The number of nitrogens with one attached hydrogen (secondary N) is 1. The van der Waals surface area contributed by atoms with Gasteiger partial charge in [-0.05, 0) is 61.9 Å². The summed E-state index contributed by atoms with van der Waals surface area (Å²) in [5.74, 6) is -0.0843. The van der Waals surface area contributed by atoms with Gasteiger partial charge < -0.3 is 10.1 Å². The minimum atomic E-state index is -0.329. The first-order valence-corrected chi connectivity index (χ1v) is 12.1. The van der Waals surface area contributed by atoms with Crippen LogP contribution in [0.2, 0.25) is 5.02 Å². The zero-order chi connectivity index (χ0) is 24.5. The van der Waals surface area contributed by atoms with E-state index >= 15 is 0 Å². The van der Waals surface area contributed by atoms with Crippen molar-refractivity contribution in [2.75, 3.05) is 23.4 Å². The molecule has 1 aliphatic rings. The van der Waals surface area contributed by atoms with Gasteiger partial charge in [0.05, 0.1) is 17.1 Å². The van der Waals surface area contributed by atoms with E-state index in [0.717, 1.165) is 32.4 Å². The molecule has 3 heterocycles. The molecule has 1 N–H and O–H groups in total. The van der Waals surface area contributed by atoms with Crippen LogP contribution in [0.4, 0.5) is 11.4 Å². The number of nitrogens with zero attached hydrogens (tertiary/aromatic N) is 3. The molecule has 2 aromatic carbocycles. The Hall–Kier alpha value is -3.75. The Morgan fingerprint density at radius 2 is 2.03 bits per heavy atom. The van der Waals surface area contributed by atoms with E-state index in [4.69, 9.17) is 21.3 Å². The van der Waals surface area contributed by atoms with E-state index < -0.39 is 0 Å². The number of carbonyl (C=O) groups excluding carboxylic acids is 2. The number of halogens is 1. The lowest BCUT2D eigenvalue weighted by Gasteiger charge is -2.29. The number of benzene rings is 2. The van der Waals surface area contributed by atoms with Crippen molar-refractivity contribution in [1.29, 1.82) is 0 Å². The average Bonchev–Trinajstić information content (AvgIpc) is 3.25. The van der Waals surface area contributed by atoms with Gasteiger partial charge in [0.2, 0.25) is 5.91 Å². The lowest BCUT2D eigenvalue weighted by molar-refractivity contribution is -0.123. The molecule has 2 amide bonds. The lowest BCUT2D eigenvalue weighted by Crippen LogP contribution is -2.43. The van der Waals surface area contributed by atoms with Gasteiger partial charge in [0.25, 0.3) is 5.91 Å². The van der Waals surface area contributed by atoms with Gasteiger partial charge in [-0.2, -0.15) is 0 Å². The molecule has 0 aliphatic carbocycles. The highest BCUT2D eigenvalue weighted by Gasteiger charge is 2.28. The first kappa shape index (κ1) is 23.0. The van der Waals surface area contributed by atoms with Gasteiger partial charge in [0.1, 0.15) is 17.3 Å². The number of fused-ring (bicyclic) bond motifs is 1. The maximum absolute atomic E-state index is 12.9. The normalized spacial score (nSPS) is 12.8. The molecule has 0 spiro atoms. The number of pyridine rings is 1. The van der Waals surface area contributed by atoms with Crippen LogP contribution in [-0.4, -0.2) is 34.9 Å². The minimum Gasteiger partial charge on any atom is -0.482 e. The second-order valence-corrected chi connectivity index (χ2v) is 9.74. The van der Waals surface area contributed by atoms with Crippen molar-refractivity contribution < 1.29 is 14.3 Å². The summed E-state index contributed by atoms with van der Waals surface area (Å²) in [4.78, 5) is 37.3. The number of amides is 2. The fraction of sp³-hybridized carbons (Fsp3) is 0.154. The molecule has 4 aromatic rings. The molecule has 35 heavy (non-hydrogen) atoms. The molecule has 2 aromatic heterocycles. The van der Waals surface area contributed by atoms with Gasteiger partial charge in [0, 0.05) is 27.3 Å².